The van der Waals surface area contributed by atoms with Gasteiger partial charge in [0.15, 0.2) is 0 Å². The van der Waals surface area contributed by atoms with Crippen LogP contribution in [0, 0.1) is 18.2 Å². The number of halogens is 1. The van der Waals surface area contributed by atoms with E-state index in [4.69, 9.17) is 6.42 Å². The highest BCUT2D eigenvalue weighted by molar-refractivity contribution is 5.99. The number of nitrogens with one attached hydrogen (secondary N) is 1. The monoisotopic (exact) mass is 279 g/mol. The van der Waals surface area contributed by atoms with E-state index in [1.54, 1.807) is 30.5 Å². The van der Waals surface area contributed by atoms with E-state index < -0.39 is 11.8 Å². The molecule has 3 rings (SSSR count). The third-order valence-corrected chi connectivity index (χ3v) is 3.36. The van der Waals surface area contributed by atoms with Gasteiger partial charge < -0.3 is 10.1 Å². The number of carboxylic acid groups (broad SMARTS) is 1. The molecule has 4 heteroatoms. The van der Waals surface area contributed by atoms with Crippen molar-refractivity contribution >= 4 is 16.9 Å². The van der Waals surface area contributed by atoms with Gasteiger partial charge in [-0.05, 0) is 30.3 Å². The molecule has 0 atom stereocenters. The molecule has 21 heavy (non-hydrogen) atoms. The van der Waals surface area contributed by atoms with Crippen molar-refractivity contribution < 1.29 is 14.3 Å². The summed E-state index contributed by atoms with van der Waals surface area (Å²) in [6.07, 6.45) is 7.12. The molecule has 0 aliphatic carbocycles. The highest BCUT2D eigenvalue weighted by Gasteiger charge is 2.18. The van der Waals surface area contributed by atoms with Crippen molar-refractivity contribution in [3.05, 3.63) is 59.5 Å². The predicted octanol–water partition coefficient (Wildman–Crippen LogP) is 3.65. The van der Waals surface area contributed by atoms with Crippen LogP contribution in [-0.2, 0) is 0 Å². The second kappa shape index (κ2) is 4.80. The van der Waals surface area contributed by atoms with Crippen molar-refractivity contribution in [1.82, 2.24) is 4.98 Å². The Bertz CT molecular complexity index is 903. The van der Waals surface area contributed by atoms with Crippen LogP contribution < -0.4 is 0 Å². The van der Waals surface area contributed by atoms with Crippen LogP contribution >= 0.6 is 0 Å². The lowest BCUT2D eigenvalue weighted by Gasteiger charge is -2.10. The Morgan fingerprint density at radius 1 is 1.29 bits per heavy atom. The van der Waals surface area contributed by atoms with Gasteiger partial charge >= 0.3 is 5.97 Å². The van der Waals surface area contributed by atoms with Crippen molar-refractivity contribution in [1.29, 1.82) is 0 Å². The minimum absolute atomic E-state index is 0.0146. The molecule has 0 aliphatic heterocycles. The number of aromatic carboxylic acids is 1. The molecule has 0 unspecified atom stereocenters. The molecule has 0 bridgehead atoms. The number of benzene rings is 2. The number of hydrogen-bond donors (Lipinski definition) is 2. The Hall–Kier alpha value is -3.06. The molecule has 1 aromatic heterocycles. The second-order valence-corrected chi connectivity index (χ2v) is 4.57. The minimum atomic E-state index is -1.14. The Morgan fingerprint density at radius 2 is 2.10 bits per heavy atom. The summed E-state index contributed by atoms with van der Waals surface area (Å²) in [5.41, 5.74) is 1.40. The maximum absolute atomic E-state index is 14.4. The number of carboxylic acids is 1. The van der Waals surface area contributed by atoms with Gasteiger partial charge in [-0.2, -0.15) is 0 Å². The number of hydrogen-bond acceptors (Lipinski definition) is 1. The average molecular weight is 279 g/mol. The standard InChI is InChI=1S/C17H10FNO2/c1-2-10-4-3-5-12(17(20)21)16(10)13-8-11-6-7-19-15(11)9-14(13)18/h1,3-9,19H,(H,20,21). The van der Waals surface area contributed by atoms with E-state index in [1.807, 2.05) is 0 Å². The SMILES string of the molecule is C#Cc1cccc(C(=O)O)c1-c1cc2cc[nH]c2cc1F. The number of aromatic nitrogens is 1. The lowest BCUT2D eigenvalue weighted by atomic mass is 9.93. The summed E-state index contributed by atoms with van der Waals surface area (Å²) in [4.78, 5) is 14.3. The predicted molar refractivity (Wildman–Crippen MR) is 78.6 cm³/mol. The van der Waals surface area contributed by atoms with E-state index in [1.165, 1.54) is 12.1 Å². The van der Waals surface area contributed by atoms with Crippen molar-refractivity contribution in [3.63, 3.8) is 0 Å². The number of terminal acetylenes is 1. The van der Waals surface area contributed by atoms with Gasteiger partial charge in [-0.15, -0.1) is 6.42 Å². The first-order valence-electron chi connectivity index (χ1n) is 6.21. The fraction of sp³-hybridized carbons (Fsp3) is 0. The van der Waals surface area contributed by atoms with E-state index in [0.29, 0.717) is 11.1 Å². The van der Waals surface area contributed by atoms with Gasteiger partial charge in [0.05, 0.1) is 5.56 Å². The largest absolute Gasteiger partial charge is 0.478 e. The maximum Gasteiger partial charge on any atom is 0.336 e. The Balaban J connectivity index is 2.39. The van der Waals surface area contributed by atoms with Gasteiger partial charge in [-0.25, -0.2) is 9.18 Å². The van der Waals surface area contributed by atoms with Crippen LogP contribution in [0.25, 0.3) is 22.0 Å². The first-order chi connectivity index (χ1) is 10.1. The zero-order valence-corrected chi connectivity index (χ0v) is 10.9. The van der Waals surface area contributed by atoms with E-state index >= 15 is 0 Å². The highest BCUT2D eigenvalue weighted by Crippen LogP contribution is 2.32. The van der Waals surface area contributed by atoms with Crippen LogP contribution in [0.3, 0.4) is 0 Å². The molecular formula is C17H10FNO2. The summed E-state index contributed by atoms with van der Waals surface area (Å²) in [7, 11) is 0. The summed E-state index contributed by atoms with van der Waals surface area (Å²) >= 11 is 0. The van der Waals surface area contributed by atoms with Crippen molar-refractivity contribution in [2.45, 2.75) is 0 Å². The lowest BCUT2D eigenvalue weighted by Crippen LogP contribution is -2.02. The molecule has 1 heterocycles. The van der Waals surface area contributed by atoms with Crippen molar-refractivity contribution in [3.8, 4) is 23.5 Å². The topological polar surface area (TPSA) is 53.1 Å². The van der Waals surface area contributed by atoms with Gasteiger partial charge in [0.25, 0.3) is 0 Å². The van der Waals surface area contributed by atoms with E-state index in [9.17, 15) is 14.3 Å². The summed E-state index contributed by atoms with van der Waals surface area (Å²) < 4.78 is 14.4. The molecule has 0 saturated carbocycles. The van der Waals surface area contributed by atoms with Gasteiger partial charge in [0.2, 0.25) is 0 Å². The Kier molecular flexibility index (Phi) is 2.96. The van der Waals surface area contributed by atoms with Gasteiger partial charge in [0, 0.05) is 33.8 Å². The normalized spacial score (nSPS) is 10.5. The first-order valence-corrected chi connectivity index (χ1v) is 6.21. The van der Waals surface area contributed by atoms with Gasteiger partial charge in [-0.3, -0.25) is 0 Å². The number of carbonyl (C=O) groups is 1. The number of fused-ring (bicyclic) bond motifs is 1. The molecule has 2 N–H and O–H groups in total. The fourth-order valence-electron chi connectivity index (χ4n) is 2.41. The molecule has 0 radical (unpaired) electrons. The smallest absolute Gasteiger partial charge is 0.336 e. The number of rotatable bonds is 2. The van der Waals surface area contributed by atoms with Crippen molar-refractivity contribution in [2.24, 2.45) is 0 Å². The summed E-state index contributed by atoms with van der Waals surface area (Å²) in [5, 5.41) is 10.1. The van der Waals surface area contributed by atoms with Crippen LogP contribution in [0.1, 0.15) is 15.9 Å². The Labute approximate surface area is 120 Å². The van der Waals surface area contributed by atoms with E-state index in [2.05, 4.69) is 10.9 Å². The number of H-pyrrole nitrogens is 1. The molecular weight excluding hydrogens is 269 g/mol. The van der Waals surface area contributed by atoms with Crippen LogP contribution in [-0.4, -0.2) is 16.1 Å². The molecule has 0 amide bonds. The zero-order chi connectivity index (χ0) is 15.0. The number of aromatic amines is 1. The summed E-state index contributed by atoms with van der Waals surface area (Å²) in [6, 6.07) is 9.29. The Morgan fingerprint density at radius 3 is 2.81 bits per heavy atom. The molecule has 0 aliphatic rings. The third-order valence-electron chi connectivity index (χ3n) is 3.36. The van der Waals surface area contributed by atoms with Crippen LogP contribution in [0.2, 0.25) is 0 Å². The third kappa shape index (κ3) is 2.05. The molecule has 3 nitrogen and oxygen atoms in total. The van der Waals surface area contributed by atoms with E-state index in [0.717, 1.165) is 5.39 Å². The van der Waals surface area contributed by atoms with Crippen LogP contribution in [0.4, 0.5) is 4.39 Å². The minimum Gasteiger partial charge on any atom is -0.478 e. The maximum atomic E-state index is 14.4. The van der Waals surface area contributed by atoms with Crippen molar-refractivity contribution in [2.75, 3.05) is 0 Å². The van der Waals surface area contributed by atoms with E-state index in [-0.39, 0.29) is 16.7 Å². The van der Waals surface area contributed by atoms with Gasteiger partial charge in [0.1, 0.15) is 5.82 Å². The molecule has 0 fully saturated rings. The highest BCUT2D eigenvalue weighted by atomic mass is 19.1. The summed E-state index contributed by atoms with van der Waals surface area (Å²) in [5.74, 6) is 0.759. The zero-order valence-electron chi connectivity index (χ0n) is 10.9. The second-order valence-electron chi connectivity index (χ2n) is 4.57. The van der Waals surface area contributed by atoms with Gasteiger partial charge in [-0.1, -0.05) is 12.0 Å². The quantitative estimate of drug-likeness (QED) is 0.703. The first kappa shape index (κ1) is 12.9. The van der Waals surface area contributed by atoms with Crippen LogP contribution in [0.15, 0.2) is 42.6 Å². The fourth-order valence-corrected chi connectivity index (χ4v) is 2.41. The molecule has 2 aromatic carbocycles. The summed E-state index contributed by atoms with van der Waals surface area (Å²) in [6.45, 7) is 0. The van der Waals surface area contributed by atoms with Crippen LogP contribution in [0.5, 0.6) is 0 Å². The molecule has 0 saturated heterocycles. The lowest BCUT2D eigenvalue weighted by molar-refractivity contribution is 0.0697. The molecule has 102 valence electrons. The molecule has 0 spiro atoms. The average Bonchev–Trinajstić information content (AvgIpc) is 2.92. The molecule has 3 aromatic rings.